The molecule has 0 saturated carbocycles. The van der Waals surface area contributed by atoms with E-state index in [2.05, 4.69) is 6.92 Å². The highest BCUT2D eigenvalue weighted by Gasteiger charge is 2.33. The molecule has 0 radical (unpaired) electrons. The fourth-order valence-electron chi connectivity index (χ4n) is 1.81. The molecule has 0 bridgehead atoms. The van der Waals surface area contributed by atoms with Crippen molar-refractivity contribution in [3.05, 3.63) is 0 Å². The van der Waals surface area contributed by atoms with Crippen molar-refractivity contribution in [3.8, 4) is 0 Å². The molecule has 0 aromatic carbocycles. The summed E-state index contributed by atoms with van der Waals surface area (Å²) in [6.07, 6.45) is 3.64. The van der Waals surface area contributed by atoms with Crippen LogP contribution in [0, 0.1) is 0 Å². The van der Waals surface area contributed by atoms with Gasteiger partial charge >= 0.3 is 5.97 Å². The first kappa shape index (κ1) is 13.4. The van der Waals surface area contributed by atoms with E-state index in [4.69, 9.17) is 5.11 Å². The standard InChI is InChI=1S/C11H19NO3S/c1-2-3-7-16-8-10(13)12-6-4-5-9(12)11(14)15/h9H,2-8H2,1H3,(H,14,15)/t9-/m1/s1. The van der Waals surface area contributed by atoms with Crippen LogP contribution in [0.4, 0.5) is 0 Å². The van der Waals surface area contributed by atoms with E-state index < -0.39 is 12.0 Å². The van der Waals surface area contributed by atoms with Crippen molar-refractivity contribution in [2.45, 2.75) is 38.6 Å². The first-order valence-electron chi connectivity index (χ1n) is 5.76. The van der Waals surface area contributed by atoms with Gasteiger partial charge in [0, 0.05) is 6.54 Å². The minimum atomic E-state index is -0.871. The lowest BCUT2D eigenvalue weighted by Gasteiger charge is -2.21. The summed E-state index contributed by atoms with van der Waals surface area (Å²) in [4.78, 5) is 24.2. The zero-order valence-electron chi connectivity index (χ0n) is 9.65. The molecule has 1 aliphatic heterocycles. The first-order chi connectivity index (χ1) is 7.66. The van der Waals surface area contributed by atoms with Gasteiger partial charge in [0.15, 0.2) is 0 Å². The summed E-state index contributed by atoms with van der Waals surface area (Å²) in [5, 5.41) is 8.94. The molecular weight excluding hydrogens is 226 g/mol. The second-order valence-corrected chi connectivity index (χ2v) is 5.09. The van der Waals surface area contributed by atoms with E-state index in [1.807, 2.05) is 0 Å². The Labute approximate surface area is 100 Å². The third kappa shape index (κ3) is 3.70. The van der Waals surface area contributed by atoms with Crippen LogP contribution in [0.5, 0.6) is 0 Å². The number of nitrogens with zero attached hydrogens (tertiary/aromatic N) is 1. The molecule has 1 fully saturated rings. The number of unbranched alkanes of at least 4 members (excludes halogenated alkanes) is 1. The summed E-state index contributed by atoms with van der Waals surface area (Å²) in [7, 11) is 0. The smallest absolute Gasteiger partial charge is 0.326 e. The fourth-order valence-corrected chi connectivity index (χ4v) is 2.79. The molecule has 1 amide bonds. The summed E-state index contributed by atoms with van der Waals surface area (Å²) >= 11 is 1.60. The topological polar surface area (TPSA) is 57.6 Å². The van der Waals surface area contributed by atoms with Crippen LogP contribution in [0.15, 0.2) is 0 Å². The number of carbonyl (C=O) groups is 2. The monoisotopic (exact) mass is 245 g/mol. The Morgan fingerprint density at radius 3 is 2.88 bits per heavy atom. The van der Waals surface area contributed by atoms with E-state index in [0.717, 1.165) is 25.0 Å². The van der Waals surface area contributed by atoms with E-state index >= 15 is 0 Å². The minimum absolute atomic E-state index is 0.0222. The third-order valence-electron chi connectivity index (χ3n) is 2.73. The summed E-state index contributed by atoms with van der Waals surface area (Å²) in [5.41, 5.74) is 0. The lowest BCUT2D eigenvalue weighted by atomic mass is 10.2. The molecule has 92 valence electrons. The molecule has 5 heteroatoms. The Balaban J connectivity index is 2.32. The molecule has 0 aromatic rings. The fraction of sp³-hybridized carbons (Fsp3) is 0.818. The molecule has 1 N–H and O–H groups in total. The lowest BCUT2D eigenvalue weighted by molar-refractivity contribution is -0.147. The van der Waals surface area contributed by atoms with Crippen molar-refractivity contribution in [3.63, 3.8) is 0 Å². The highest BCUT2D eigenvalue weighted by Crippen LogP contribution is 2.19. The van der Waals surface area contributed by atoms with E-state index in [1.165, 1.54) is 4.90 Å². The second-order valence-electron chi connectivity index (χ2n) is 3.99. The molecule has 1 heterocycles. The summed E-state index contributed by atoms with van der Waals surface area (Å²) in [6, 6.07) is -0.584. The van der Waals surface area contributed by atoms with Crippen LogP contribution in [-0.2, 0) is 9.59 Å². The predicted molar refractivity (Wildman–Crippen MR) is 64.6 cm³/mol. The Hall–Kier alpha value is -0.710. The van der Waals surface area contributed by atoms with E-state index in [-0.39, 0.29) is 5.91 Å². The largest absolute Gasteiger partial charge is 0.480 e. The van der Waals surface area contributed by atoms with Crippen LogP contribution in [0.2, 0.25) is 0 Å². The number of likely N-dealkylation sites (tertiary alicyclic amines) is 1. The van der Waals surface area contributed by atoms with Crippen LogP contribution in [0.1, 0.15) is 32.6 Å². The predicted octanol–water partition coefficient (Wildman–Crippen LogP) is 1.60. The van der Waals surface area contributed by atoms with Gasteiger partial charge in [-0.05, 0) is 25.0 Å². The summed E-state index contributed by atoms with van der Waals surface area (Å²) in [6.45, 7) is 2.72. The molecule has 1 atom stereocenters. The van der Waals surface area contributed by atoms with Crippen molar-refractivity contribution in [2.75, 3.05) is 18.1 Å². The van der Waals surface area contributed by atoms with Crippen LogP contribution < -0.4 is 0 Å². The van der Waals surface area contributed by atoms with E-state index in [1.54, 1.807) is 11.8 Å². The highest BCUT2D eigenvalue weighted by molar-refractivity contribution is 7.99. The average Bonchev–Trinajstić information content (AvgIpc) is 2.73. The number of hydrogen-bond acceptors (Lipinski definition) is 3. The second kappa shape index (κ2) is 6.78. The number of carboxylic acid groups (broad SMARTS) is 1. The van der Waals surface area contributed by atoms with Crippen molar-refractivity contribution in [1.82, 2.24) is 4.90 Å². The maximum absolute atomic E-state index is 11.8. The van der Waals surface area contributed by atoms with Crippen LogP contribution >= 0.6 is 11.8 Å². The lowest BCUT2D eigenvalue weighted by Crippen LogP contribution is -2.41. The van der Waals surface area contributed by atoms with Crippen LogP contribution in [0.25, 0.3) is 0 Å². The minimum Gasteiger partial charge on any atom is -0.480 e. The Morgan fingerprint density at radius 1 is 1.50 bits per heavy atom. The first-order valence-corrected chi connectivity index (χ1v) is 6.92. The Bertz CT molecular complexity index is 258. The molecule has 0 aromatic heterocycles. The number of amides is 1. The van der Waals surface area contributed by atoms with Gasteiger partial charge in [0.25, 0.3) is 0 Å². The number of carbonyl (C=O) groups excluding carboxylic acids is 1. The van der Waals surface area contributed by atoms with Crippen molar-refractivity contribution < 1.29 is 14.7 Å². The van der Waals surface area contributed by atoms with Crippen LogP contribution in [0.3, 0.4) is 0 Å². The van der Waals surface area contributed by atoms with Gasteiger partial charge in [-0.1, -0.05) is 13.3 Å². The summed E-state index contributed by atoms with van der Waals surface area (Å²) in [5.74, 6) is 0.507. The van der Waals surface area contributed by atoms with Gasteiger partial charge in [0.05, 0.1) is 5.75 Å². The quantitative estimate of drug-likeness (QED) is 0.722. The normalized spacial score (nSPS) is 20.1. The number of rotatable bonds is 6. The van der Waals surface area contributed by atoms with Crippen molar-refractivity contribution in [2.24, 2.45) is 0 Å². The molecule has 1 rings (SSSR count). The molecule has 4 nitrogen and oxygen atoms in total. The van der Waals surface area contributed by atoms with Gasteiger partial charge in [-0.15, -0.1) is 0 Å². The molecule has 0 spiro atoms. The number of aliphatic carboxylic acids is 1. The highest BCUT2D eigenvalue weighted by atomic mass is 32.2. The van der Waals surface area contributed by atoms with Crippen molar-refractivity contribution >= 4 is 23.6 Å². The van der Waals surface area contributed by atoms with E-state index in [0.29, 0.717) is 18.7 Å². The SMILES string of the molecule is CCCCSCC(=O)N1CCC[C@@H]1C(=O)O. The molecular formula is C11H19NO3S. The maximum Gasteiger partial charge on any atom is 0.326 e. The Morgan fingerprint density at radius 2 is 2.25 bits per heavy atom. The van der Waals surface area contributed by atoms with Gasteiger partial charge in [-0.2, -0.15) is 11.8 Å². The molecule has 0 aliphatic carbocycles. The van der Waals surface area contributed by atoms with Gasteiger partial charge in [0.2, 0.25) is 5.91 Å². The maximum atomic E-state index is 11.8. The average molecular weight is 245 g/mol. The Kier molecular flexibility index (Phi) is 5.66. The number of carboxylic acids is 1. The number of thioether (sulfide) groups is 1. The van der Waals surface area contributed by atoms with Crippen LogP contribution in [-0.4, -0.2) is 46.0 Å². The van der Waals surface area contributed by atoms with Gasteiger partial charge < -0.3 is 10.0 Å². The van der Waals surface area contributed by atoms with Crippen molar-refractivity contribution in [1.29, 1.82) is 0 Å². The zero-order valence-corrected chi connectivity index (χ0v) is 10.5. The third-order valence-corrected chi connectivity index (χ3v) is 3.75. The molecule has 16 heavy (non-hydrogen) atoms. The molecule has 1 aliphatic rings. The van der Waals surface area contributed by atoms with Gasteiger partial charge in [0.1, 0.15) is 6.04 Å². The van der Waals surface area contributed by atoms with Gasteiger partial charge in [-0.3, -0.25) is 4.79 Å². The zero-order chi connectivity index (χ0) is 12.0. The molecule has 1 saturated heterocycles. The van der Waals surface area contributed by atoms with Gasteiger partial charge in [-0.25, -0.2) is 4.79 Å². The molecule has 0 unspecified atom stereocenters. The summed E-state index contributed by atoms with van der Waals surface area (Å²) < 4.78 is 0. The van der Waals surface area contributed by atoms with E-state index in [9.17, 15) is 9.59 Å². The number of hydrogen-bond donors (Lipinski definition) is 1.